The molecule has 0 saturated carbocycles. The highest BCUT2D eigenvalue weighted by atomic mass is 127. The Morgan fingerprint density at radius 2 is 1.75 bits per heavy atom. The van der Waals surface area contributed by atoms with Crippen LogP contribution in [-0.2, 0) is 0 Å². The molecular weight excluding hydrogens is 384 g/mol. The average molecular weight is 392 g/mol. The number of halogens is 4. The summed E-state index contributed by atoms with van der Waals surface area (Å²) in [5.74, 6) is -0.753. The van der Waals surface area contributed by atoms with Gasteiger partial charge in [0.05, 0.1) is 0 Å². The molecule has 0 N–H and O–H groups in total. The molecule has 0 aliphatic carbocycles. The summed E-state index contributed by atoms with van der Waals surface area (Å²) in [7, 11) is 0. The van der Waals surface area contributed by atoms with Crippen LogP contribution in [0.2, 0.25) is 0 Å². The first-order valence-electron chi connectivity index (χ1n) is 5.52. The molecule has 0 aromatic heterocycles. The predicted molar refractivity (Wildman–Crippen MR) is 75.7 cm³/mol. The maximum absolute atomic E-state index is 12.2. The SMILES string of the molecule is O=C(c1cccc(OC(F)(F)F)c1)c1ccccc1I. The average Bonchev–Trinajstić information content (AvgIpc) is 2.37. The second-order valence-corrected chi connectivity index (χ2v) is 5.05. The fourth-order valence-electron chi connectivity index (χ4n) is 1.64. The standard InChI is InChI=1S/C14H8F3IO2/c15-14(16,17)20-10-5-3-4-9(8-10)13(19)11-6-1-2-7-12(11)18/h1-8H. The van der Waals surface area contributed by atoms with Crippen molar-refractivity contribution < 1.29 is 22.7 Å². The van der Waals surface area contributed by atoms with Gasteiger partial charge in [0, 0.05) is 14.7 Å². The molecule has 2 aromatic rings. The lowest BCUT2D eigenvalue weighted by atomic mass is 10.0. The zero-order valence-corrected chi connectivity index (χ0v) is 12.1. The third-order valence-corrected chi connectivity index (χ3v) is 3.39. The molecule has 2 aromatic carbocycles. The van der Waals surface area contributed by atoms with E-state index < -0.39 is 12.1 Å². The molecule has 0 unspecified atom stereocenters. The van der Waals surface area contributed by atoms with E-state index >= 15 is 0 Å². The Labute approximate surface area is 126 Å². The number of alkyl halides is 3. The molecular formula is C14H8F3IO2. The maximum atomic E-state index is 12.2. The van der Waals surface area contributed by atoms with Crippen LogP contribution < -0.4 is 4.74 Å². The molecule has 6 heteroatoms. The van der Waals surface area contributed by atoms with Gasteiger partial charge in [-0.15, -0.1) is 13.2 Å². The van der Waals surface area contributed by atoms with Gasteiger partial charge < -0.3 is 4.74 Å². The highest BCUT2D eigenvalue weighted by Gasteiger charge is 2.31. The number of carbonyl (C=O) groups excluding carboxylic acids is 1. The van der Waals surface area contributed by atoms with E-state index in [4.69, 9.17) is 0 Å². The first-order chi connectivity index (χ1) is 9.37. The summed E-state index contributed by atoms with van der Waals surface area (Å²) in [6.07, 6.45) is -4.77. The Kier molecular flexibility index (Phi) is 4.32. The summed E-state index contributed by atoms with van der Waals surface area (Å²) in [6.45, 7) is 0. The Bertz CT molecular complexity index is 638. The summed E-state index contributed by atoms with van der Waals surface area (Å²) in [5.41, 5.74) is 0.591. The third kappa shape index (κ3) is 3.72. The van der Waals surface area contributed by atoms with Crippen molar-refractivity contribution in [3.8, 4) is 5.75 Å². The minimum atomic E-state index is -4.77. The molecule has 0 heterocycles. The first kappa shape index (κ1) is 14.8. The van der Waals surface area contributed by atoms with Crippen molar-refractivity contribution in [2.75, 3.05) is 0 Å². The molecule has 104 valence electrons. The molecule has 2 nitrogen and oxygen atoms in total. The van der Waals surface area contributed by atoms with Gasteiger partial charge in [-0.2, -0.15) is 0 Å². The normalized spacial score (nSPS) is 11.2. The zero-order valence-electron chi connectivity index (χ0n) is 9.95. The molecule has 0 aliphatic heterocycles. The molecule has 0 radical (unpaired) electrons. The maximum Gasteiger partial charge on any atom is 0.573 e. The van der Waals surface area contributed by atoms with Crippen molar-refractivity contribution in [2.24, 2.45) is 0 Å². The topological polar surface area (TPSA) is 26.3 Å². The van der Waals surface area contributed by atoms with E-state index in [1.165, 1.54) is 12.1 Å². The van der Waals surface area contributed by atoms with E-state index in [0.717, 1.165) is 15.7 Å². The van der Waals surface area contributed by atoms with E-state index in [2.05, 4.69) is 4.74 Å². The van der Waals surface area contributed by atoms with Gasteiger partial charge in [0.15, 0.2) is 5.78 Å². The number of hydrogen-bond donors (Lipinski definition) is 0. The molecule has 0 amide bonds. The quantitative estimate of drug-likeness (QED) is 0.571. The van der Waals surface area contributed by atoms with Gasteiger partial charge >= 0.3 is 6.36 Å². The number of benzene rings is 2. The van der Waals surface area contributed by atoms with E-state index in [1.54, 1.807) is 24.3 Å². The molecule has 0 fully saturated rings. The Hall–Kier alpha value is -1.57. The fourth-order valence-corrected chi connectivity index (χ4v) is 2.27. The Morgan fingerprint density at radius 3 is 2.40 bits per heavy atom. The molecule has 20 heavy (non-hydrogen) atoms. The van der Waals surface area contributed by atoms with E-state index in [9.17, 15) is 18.0 Å². The predicted octanol–water partition coefficient (Wildman–Crippen LogP) is 4.42. The summed E-state index contributed by atoms with van der Waals surface area (Å²) in [5, 5.41) is 0. The summed E-state index contributed by atoms with van der Waals surface area (Å²) < 4.78 is 41.0. The molecule has 2 rings (SSSR count). The smallest absolute Gasteiger partial charge is 0.406 e. The van der Waals surface area contributed by atoms with Crippen LogP contribution in [0.4, 0.5) is 13.2 Å². The summed E-state index contributed by atoms with van der Waals surface area (Å²) in [6, 6.07) is 11.9. The van der Waals surface area contributed by atoms with Crippen LogP contribution >= 0.6 is 22.6 Å². The molecule has 0 bridgehead atoms. The number of hydrogen-bond acceptors (Lipinski definition) is 2. The Morgan fingerprint density at radius 1 is 1.05 bits per heavy atom. The first-order valence-corrected chi connectivity index (χ1v) is 6.60. The zero-order chi connectivity index (χ0) is 14.8. The second-order valence-electron chi connectivity index (χ2n) is 3.88. The van der Waals surface area contributed by atoms with Gasteiger partial charge in [-0.05, 0) is 46.9 Å². The van der Waals surface area contributed by atoms with Gasteiger partial charge in [-0.3, -0.25) is 4.79 Å². The third-order valence-electron chi connectivity index (χ3n) is 2.45. The highest BCUT2D eigenvalue weighted by Crippen LogP contribution is 2.25. The van der Waals surface area contributed by atoms with Crippen molar-refractivity contribution in [3.63, 3.8) is 0 Å². The Balaban J connectivity index is 2.32. The van der Waals surface area contributed by atoms with Gasteiger partial charge in [0.25, 0.3) is 0 Å². The van der Waals surface area contributed by atoms with Crippen LogP contribution in [-0.4, -0.2) is 12.1 Å². The number of ketones is 1. The highest BCUT2D eigenvalue weighted by molar-refractivity contribution is 14.1. The minimum absolute atomic E-state index is 0.149. The molecule has 0 aliphatic rings. The fraction of sp³-hybridized carbons (Fsp3) is 0.0714. The molecule has 0 atom stereocenters. The van der Waals surface area contributed by atoms with Crippen molar-refractivity contribution >= 4 is 28.4 Å². The van der Waals surface area contributed by atoms with E-state index in [0.29, 0.717) is 5.56 Å². The number of rotatable bonds is 3. The number of ether oxygens (including phenoxy) is 1. The minimum Gasteiger partial charge on any atom is -0.406 e. The van der Waals surface area contributed by atoms with Crippen molar-refractivity contribution in [1.29, 1.82) is 0 Å². The van der Waals surface area contributed by atoms with Crippen LogP contribution in [0.5, 0.6) is 5.75 Å². The summed E-state index contributed by atoms with van der Waals surface area (Å²) >= 11 is 2.00. The van der Waals surface area contributed by atoms with Gasteiger partial charge in [0.2, 0.25) is 0 Å². The van der Waals surface area contributed by atoms with Crippen LogP contribution in [0.25, 0.3) is 0 Å². The lowest BCUT2D eigenvalue weighted by Gasteiger charge is -2.10. The van der Waals surface area contributed by atoms with Gasteiger partial charge in [0.1, 0.15) is 5.75 Å². The summed E-state index contributed by atoms with van der Waals surface area (Å²) in [4.78, 5) is 12.2. The van der Waals surface area contributed by atoms with Crippen LogP contribution in [0.1, 0.15) is 15.9 Å². The largest absolute Gasteiger partial charge is 0.573 e. The van der Waals surface area contributed by atoms with Crippen molar-refractivity contribution in [1.82, 2.24) is 0 Å². The van der Waals surface area contributed by atoms with Crippen LogP contribution in [0, 0.1) is 3.57 Å². The van der Waals surface area contributed by atoms with Gasteiger partial charge in [-0.1, -0.05) is 24.3 Å². The second kappa shape index (κ2) is 5.82. The van der Waals surface area contributed by atoms with Crippen molar-refractivity contribution in [2.45, 2.75) is 6.36 Å². The molecule has 0 spiro atoms. The van der Waals surface area contributed by atoms with E-state index in [-0.39, 0.29) is 11.3 Å². The van der Waals surface area contributed by atoms with Gasteiger partial charge in [-0.25, -0.2) is 0 Å². The lowest BCUT2D eigenvalue weighted by Crippen LogP contribution is -2.17. The lowest BCUT2D eigenvalue weighted by molar-refractivity contribution is -0.274. The van der Waals surface area contributed by atoms with Crippen LogP contribution in [0.3, 0.4) is 0 Å². The van der Waals surface area contributed by atoms with E-state index in [1.807, 2.05) is 22.6 Å². The molecule has 0 saturated heterocycles. The van der Waals surface area contributed by atoms with Crippen molar-refractivity contribution in [3.05, 3.63) is 63.2 Å². The van der Waals surface area contributed by atoms with Crippen LogP contribution in [0.15, 0.2) is 48.5 Å². The number of carbonyl (C=O) groups is 1. The monoisotopic (exact) mass is 392 g/mol.